The number of benzene rings is 1. The van der Waals surface area contributed by atoms with Gasteiger partial charge in [-0.15, -0.1) is 0 Å². The predicted molar refractivity (Wildman–Crippen MR) is 61.1 cm³/mol. The molecule has 1 saturated heterocycles. The van der Waals surface area contributed by atoms with Crippen LogP contribution in [0.5, 0.6) is 0 Å². The van der Waals surface area contributed by atoms with Crippen LogP contribution < -0.4 is 0 Å². The summed E-state index contributed by atoms with van der Waals surface area (Å²) < 4.78 is 4.71. The number of carbonyl (C=O) groups excluding carboxylic acids is 2. The molecule has 1 heterocycles. The molecular formula is C14H14O3. The summed E-state index contributed by atoms with van der Waals surface area (Å²) in [7, 11) is 0. The normalized spacial score (nSPS) is 32.1. The first-order valence-corrected chi connectivity index (χ1v) is 6.06. The lowest BCUT2D eigenvalue weighted by atomic mass is 9.73. The molecule has 1 aromatic carbocycles. The SMILES string of the molecule is O=C1OC(=O)[C@@H]2CC[C@@H](c3ccccc3)C[C@H]12. The molecule has 2 fully saturated rings. The smallest absolute Gasteiger partial charge is 0.317 e. The Bertz CT molecular complexity index is 452. The molecule has 1 aromatic rings. The number of cyclic esters (lactones) is 2. The second-order valence-corrected chi connectivity index (χ2v) is 4.87. The monoisotopic (exact) mass is 230 g/mol. The van der Waals surface area contributed by atoms with Crippen LogP contribution in [0.25, 0.3) is 0 Å². The van der Waals surface area contributed by atoms with E-state index in [0.717, 1.165) is 19.3 Å². The zero-order chi connectivity index (χ0) is 11.8. The highest BCUT2D eigenvalue weighted by molar-refractivity contribution is 5.96. The number of carbonyl (C=O) groups is 2. The molecule has 1 aliphatic heterocycles. The van der Waals surface area contributed by atoms with Crippen molar-refractivity contribution in [1.29, 1.82) is 0 Å². The Morgan fingerprint density at radius 3 is 2.41 bits per heavy atom. The van der Waals surface area contributed by atoms with Crippen molar-refractivity contribution in [2.75, 3.05) is 0 Å². The van der Waals surface area contributed by atoms with Crippen molar-refractivity contribution in [2.45, 2.75) is 25.2 Å². The summed E-state index contributed by atoms with van der Waals surface area (Å²) in [6.07, 6.45) is 2.49. The third kappa shape index (κ3) is 1.75. The average molecular weight is 230 g/mol. The summed E-state index contributed by atoms with van der Waals surface area (Å²) in [5.74, 6) is -0.632. The quantitative estimate of drug-likeness (QED) is 0.549. The van der Waals surface area contributed by atoms with Gasteiger partial charge in [0.2, 0.25) is 0 Å². The molecule has 3 atom stereocenters. The van der Waals surface area contributed by atoms with E-state index in [-0.39, 0.29) is 23.8 Å². The minimum absolute atomic E-state index is 0.178. The highest BCUT2D eigenvalue weighted by Gasteiger charge is 2.47. The minimum Gasteiger partial charge on any atom is -0.393 e. The molecule has 0 unspecified atom stereocenters. The summed E-state index contributed by atoms with van der Waals surface area (Å²) in [6, 6.07) is 10.2. The molecule has 1 aliphatic carbocycles. The van der Waals surface area contributed by atoms with E-state index in [4.69, 9.17) is 4.74 Å². The van der Waals surface area contributed by atoms with Gasteiger partial charge >= 0.3 is 11.9 Å². The first kappa shape index (κ1) is 10.5. The molecule has 1 saturated carbocycles. The second-order valence-electron chi connectivity index (χ2n) is 4.87. The Morgan fingerprint density at radius 1 is 0.941 bits per heavy atom. The summed E-state index contributed by atoms with van der Waals surface area (Å²) in [5.41, 5.74) is 1.26. The van der Waals surface area contributed by atoms with Crippen molar-refractivity contribution in [2.24, 2.45) is 11.8 Å². The molecule has 3 nitrogen and oxygen atoms in total. The van der Waals surface area contributed by atoms with E-state index < -0.39 is 0 Å². The Morgan fingerprint density at radius 2 is 1.65 bits per heavy atom. The lowest BCUT2D eigenvalue weighted by molar-refractivity contribution is -0.153. The average Bonchev–Trinajstić information content (AvgIpc) is 2.66. The van der Waals surface area contributed by atoms with Gasteiger partial charge in [0.15, 0.2) is 0 Å². The van der Waals surface area contributed by atoms with Crippen LogP contribution in [0.1, 0.15) is 30.7 Å². The Labute approximate surface area is 99.8 Å². The van der Waals surface area contributed by atoms with Gasteiger partial charge in [0.25, 0.3) is 0 Å². The number of esters is 2. The Kier molecular flexibility index (Phi) is 2.46. The fourth-order valence-electron chi connectivity index (χ4n) is 2.99. The Hall–Kier alpha value is -1.64. The predicted octanol–water partition coefficient (Wildman–Crippen LogP) is 2.27. The highest BCUT2D eigenvalue weighted by Crippen LogP contribution is 2.43. The maximum Gasteiger partial charge on any atom is 0.317 e. The van der Waals surface area contributed by atoms with E-state index in [1.165, 1.54) is 5.56 Å². The van der Waals surface area contributed by atoms with Gasteiger partial charge in [0.05, 0.1) is 11.8 Å². The van der Waals surface area contributed by atoms with Crippen molar-refractivity contribution >= 4 is 11.9 Å². The van der Waals surface area contributed by atoms with Crippen LogP contribution in [0, 0.1) is 11.8 Å². The molecule has 3 rings (SSSR count). The summed E-state index contributed by atoms with van der Waals surface area (Å²) >= 11 is 0. The lowest BCUT2D eigenvalue weighted by Gasteiger charge is -2.27. The molecule has 3 heteroatoms. The van der Waals surface area contributed by atoms with Crippen molar-refractivity contribution in [3.05, 3.63) is 35.9 Å². The molecule has 0 spiro atoms. The molecule has 0 bridgehead atoms. The number of fused-ring (bicyclic) bond motifs is 1. The maximum atomic E-state index is 11.6. The molecule has 0 amide bonds. The van der Waals surface area contributed by atoms with E-state index in [9.17, 15) is 9.59 Å². The third-order valence-electron chi connectivity index (χ3n) is 3.93. The van der Waals surface area contributed by atoms with Gasteiger partial charge in [0, 0.05) is 0 Å². The van der Waals surface area contributed by atoms with Crippen molar-refractivity contribution in [3.8, 4) is 0 Å². The first-order chi connectivity index (χ1) is 8.25. The van der Waals surface area contributed by atoms with E-state index in [1.54, 1.807) is 0 Å². The fourth-order valence-corrected chi connectivity index (χ4v) is 2.99. The third-order valence-corrected chi connectivity index (χ3v) is 3.93. The standard InChI is InChI=1S/C14H14O3/c15-13-11-7-6-10(8-12(11)14(16)17-13)9-4-2-1-3-5-9/h1-5,10-12H,6-8H2/t10-,11-,12+/m1/s1. The molecule has 0 radical (unpaired) electrons. The van der Waals surface area contributed by atoms with E-state index in [2.05, 4.69) is 12.1 Å². The van der Waals surface area contributed by atoms with Crippen molar-refractivity contribution in [3.63, 3.8) is 0 Å². The van der Waals surface area contributed by atoms with E-state index in [1.807, 2.05) is 18.2 Å². The van der Waals surface area contributed by atoms with Gasteiger partial charge in [-0.25, -0.2) is 0 Å². The van der Waals surface area contributed by atoms with Gasteiger partial charge in [-0.3, -0.25) is 9.59 Å². The second kappa shape index (κ2) is 3.99. The molecular weight excluding hydrogens is 216 g/mol. The maximum absolute atomic E-state index is 11.6. The zero-order valence-corrected chi connectivity index (χ0v) is 9.46. The number of rotatable bonds is 1. The van der Waals surface area contributed by atoms with E-state index in [0.29, 0.717) is 5.92 Å². The molecule has 2 aliphatic rings. The van der Waals surface area contributed by atoms with Gasteiger partial charge in [-0.1, -0.05) is 30.3 Å². The van der Waals surface area contributed by atoms with Gasteiger partial charge < -0.3 is 4.74 Å². The highest BCUT2D eigenvalue weighted by atomic mass is 16.6. The van der Waals surface area contributed by atoms with Crippen LogP contribution >= 0.6 is 0 Å². The van der Waals surface area contributed by atoms with Crippen LogP contribution in [0.3, 0.4) is 0 Å². The number of hydrogen-bond donors (Lipinski definition) is 0. The fraction of sp³-hybridized carbons (Fsp3) is 0.429. The van der Waals surface area contributed by atoms with Crippen LogP contribution in [0.4, 0.5) is 0 Å². The van der Waals surface area contributed by atoms with E-state index >= 15 is 0 Å². The van der Waals surface area contributed by atoms with Crippen molar-refractivity contribution in [1.82, 2.24) is 0 Å². The van der Waals surface area contributed by atoms with Crippen molar-refractivity contribution < 1.29 is 14.3 Å². The summed E-state index contributed by atoms with van der Waals surface area (Å²) in [6.45, 7) is 0. The zero-order valence-electron chi connectivity index (χ0n) is 9.46. The molecule has 17 heavy (non-hydrogen) atoms. The molecule has 88 valence electrons. The summed E-state index contributed by atoms with van der Waals surface area (Å²) in [4.78, 5) is 23.0. The van der Waals surface area contributed by atoms with Crippen LogP contribution in [0.15, 0.2) is 30.3 Å². The van der Waals surface area contributed by atoms with Crippen LogP contribution in [-0.4, -0.2) is 11.9 Å². The molecule has 0 N–H and O–H groups in total. The number of ether oxygens (including phenoxy) is 1. The van der Waals surface area contributed by atoms with Gasteiger partial charge in [-0.2, -0.15) is 0 Å². The lowest BCUT2D eigenvalue weighted by Crippen LogP contribution is -2.26. The van der Waals surface area contributed by atoms with Crippen LogP contribution in [-0.2, 0) is 14.3 Å². The first-order valence-electron chi connectivity index (χ1n) is 6.06. The van der Waals surface area contributed by atoms with Gasteiger partial charge in [-0.05, 0) is 30.7 Å². The van der Waals surface area contributed by atoms with Crippen LogP contribution in [0.2, 0.25) is 0 Å². The Balaban J connectivity index is 1.81. The van der Waals surface area contributed by atoms with Gasteiger partial charge in [0.1, 0.15) is 0 Å². The topological polar surface area (TPSA) is 43.4 Å². The largest absolute Gasteiger partial charge is 0.393 e. The summed E-state index contributed by atoms with van der Waals surface area (Å²) in [5, 5.41) is 0. The molecule has 0 aromatic heterocycles. The minimum atomic E-state index is -0.319. The number of hydrogen-bond acceptors (Lipinski definition) is 3.